The van der Waals surface area contributed by atoms with Crippen molar-refractivity contribution in [2.75, 3.05) is 25.6 Å². The summed E-state index contributed by atoms with van der Waals surface area (Å²) in [6.45, 7) is 5.33. The Bertz CT molecular complexity index is 1590. The Morgan fingerprint density at radius 3 is 2.89 bits per heavy atom. The summed E-state index contributed by atoms with van der Waals surface area (Å²) in [6, 6.07) is 7.51. The lowest BCUT2D eigenvalue weighted by Gasteiger charge is -2.12. The van der Waals surface area contributed by atoms with E-state index in [1.165, 1.54) is 24.6 Å². The van der Waals surface area contributed by atoms with E-state index in [4.69, 9.17) is 13.9 Å². The Balaban J connectivity index is 1.36. The molecule has 0 aliphatic carbocycles. The van der Waals surface area contributed by atoms with Gasteiger partial charge in [0, 0.05) is 36.7 Å². The highest BCUT2D eigenvalue weighted by Crippen LogP contribution is 2.41. The van der Waals surface area contributed by atoms with Crippen molar-refractivity contribution >= 4 is 27.9 Å². The molecule has 0 saturated heterocycles. The molecule has 5 rings (SSSR count). The first kappa shape index (κ1) is 23.5. The number of nitrogens with zero attached hydrogens (tertiary/aromatic N) is 4. The highest BCUT2D eigenvalue weighted by atomic mass is 32.1. The van der Waals surface area contributed by atoms with Crippen LogP contribution in [-0.4, -0.2) is 45.0 Å². The summed E-state index contributed by atoms with van der Waals surface area (Å²) < 4.78 is 32.6. The van der Waals surface area contributed by atoms with Crippen LogP contribution in [0.4, 0.5) is 10.1 Å². The minimum absolute atomic E-state index is 0.169. The third-order valence-corrected chi connectivity index (χ3v) is 6.68. The normalized spacial score (nSPS) is 11.2. The number of thiophene rings is 1. The molecule has 10 nitrogen and oxygen atoms in total. The molecule has 0 atom stereocenters. The molecule has 2 N–H and O–H groups in total. The average Bonchev–Trinajstić information content (AvgIpc) is 3.57. The number of rotatable bonds is 9. The number of hydrogen-bond donors (Lipinski definition) is 2. The van der Waals surface area contributed by atoms with Crippen LogP contribution in [0.25, 0.3) is 32.2 Å². The first-order valence-corrected chi connectivity index (χ1v) is 12.0. The Morgan fingerprint density at radius 1 is 1.28 bits per heavy atom. The van der Waals surface area contributed by atoms with Crippen molar-refractivity contribution in [3.63, 3.8) is 0 Å². The van der Waals surface area contributed by atoms with Gasteiger partial charge in [0.25, 0.3) is 5.89 Å². The zero-order chi connectivity index (χ0) is 25.2. The molecule has 0 aromatic carbocycles. The molecule has 12 heteroatoms. The SMILES string of the molecule is CCOc1cc(-c2cc(NCCn3c(C)cc4c(OC)ncc(F)c43)ccn2)sc1-c1n[nH]c(=O)o1. The van der Waals surface area contributed by atoms with E-state index < -0.39 is 11.6 Å². The third kappa shape index (κ3) is 4.42. The number of nitrogens with one attached hydrogen (secondary N) is 2. The molecule has 0 spiro atoms. The highest BCUT2D eigenvalue weighted by molar-refractivity contribution is 7.19. The van der Waals surface area contributed by atoms with E-state index in [0.717, 1.165) is 22.0 Å². The smallest absolute Gasteiger partial charge is 0.434 e. The molecule has 0 aliphatic heterocycles. The van der Waals surface area contributed by atoms with Crippen LogP contribution in [-0.2, 0) is 6.54 Å². The average molecular weight is 511 g/mol. The largest absolute Gasteiger partial charge is 0.492 e. The third-order valence-electron chi connectivity index (χ3n) is 5.56. The van der Waals surface area contributed by atoms with Gasteiger partial charge in [0.2, 0.25) is 5.88 Å². The van der Waals surface area contributed by atoms with Crippen LogP contribution in [0.5, 0.6) is 11.6 Å². The molecule has 5 aromatic heterocycles. The Labute approximate surface area is 208 Å². The Morgan fingerprint density at radius 2 is 2.14 bits per heavy atom. The summed E-state index contributed by atoms with van der Waals surface area (Å²) in [7, 11) is 1.52. The van der Waals surface area contributed by atoms with Gasteiger partial charge in [0.15, 0.2) is 5.82 Å². The number of fused-ring (bicyclic) bond motifs is 1. The lowest BCUT2D eigenvalue weighted by atomic mass is 10.2. The molecule has 186 valence electrons. The van der Waals surface area contributed by atoms with E-state index >= 15 is 0 Å². The quantitative estimate of drug-likeness (QED) is 0.298. The monoisotopic (exact) mass is 510 g/mol. The summed E-state index contributed by atoms with van der Waals surface area (Å²) >= 11 is 1.36. The lowest BCUT2D eigenvalue weighted by molar-refractivity contribution is 0.342. The van der Waals surface area contributed by atoms with Gasteiger partial charge in [-0.15, -0.1) is 16.4 Å². The number of aryl methyl sites for hydroxylation is 1. The Hall–Kier alpha value is -4.19. The predicted octanol–water partition coefficient (Wildman–Crippen LogP) is 4.47. The van der Waals surface area contributed by atoms with Gasteiger partial charge in [0.1, 0.15) is 10.6 Å². The van der Waals surface area contributed by atoms with Gasteiger partial charge in [0.05, 0.1) is 41.4 Å². The number of aromatic amines is 1. The van der Waals surface area contributed by atoms with Crippen LogP contribution < -0.4 is 20.5 Å². The fraction of sp³-hybridized carbons (Fsp3) is 0.250. The summed E-state index contributed by atoms with van der Waals surface area (Å²) in [5.74, 6) is 0.108. The van der Waals surface area contributed by atoms with Crippen LogP contribution in [0, 0.1) is 12.7 Å². The molecular weight excluding hydrogens is 487 g/mol. The number of halogens is 1. The number of pyridine rings is 2. The van der Waals surface area contributed by atoms with Gasteiger partial charge < -0.3 is 23.8 Å². The lowest BCUT2D eigenvalue weighted by Crippen LogP contribution is -2.12. The number of ether oxygens (including phenoxy) is 2. The number of anilines is 1. The van der Waals surface area contributed by atoms with Gasteiger partial charge in [-0.1, -0.05) is 0 Å². The van der Waals surface area contributed by atoms with Crippen molar-refractivity contribution in [2.24, 2.45) is 0 Å². The van der Waals surface area contributed by atoms with E-state index in [-0.39, 0.29) is 5.89 Å². The maximum Gasteiger partial charge on any atom is 0.434 e. The molecule has 0 fully saturated rings. The molecule has 0 saturated carbocycles. The van der Waals surface area contributed by atoms with Crippen molar-refractivity contribution < 1.29 is 18.3 Å². The van der Waals surface area contributed by atoms with Crippen molar-refractivity contribution in [3.8, 4) is 33.0 Å². The van der Waals surface area contributed by atoms with Crippen LogP contribution in [0.2, 0.25) is 0 Å². The fourth-order valence-corrected chi connectivity index (χ4v) is 5.02. The molecule has 0 aliphatic rings. The van der Waals surface area contributed by atoms with Crippen LogP contribution >= 0.6 is 11.3 Å². The van der Waals surface area contributed by atoms with Gasteiger partial charge in [-0.05, 0) is 32.0 Å². The van der Waals surface area contributed by atoms with Crippen LogP contribution in [0.3, 0.4) is 0 Å². The van der Waals surface area contributed by atoms with Crippen molar-refractivity contribution in [3.05, 3.63) is 58.7 Å². The predicted molar refractivity (Wildman–Crippen MR) is 134 cm³/mol. The molecule has 5 aromatic rings. The number of H-pyrrole nitrogens is 1. The van der Waals surface area contributed by atoms with Crippen LogP contribution in [0.15, 0.2) is 45.9 Å². The number of methoxy groups -OCH3 is 1. The molecule has 5 heterocycles. The van der Waals surface area contributed by atoms with Crippen molar-refractivity contribution in [2.45, 2.75) is 20.4 Å². The summed E-state index contributed by atoms with van der Waals surface area (Å²) in [4.78, 5) is 21.3. The second kappa shape index (κ2) is 9.82. The second-order valence-electron chi connectivity index (χ2n) is 7.83. The molecular formula is C24H23FN6O4S. The number of hydrogen-bond acceptors (Lipinski definition) is 9. The molecule has 0 unspecified atom stereocenters. The van der Waals surface area contributed by atoms with Gasteiger partial charge in [-0.3, -0.25) is 4.98 Å². The maximum atomic E-state index is 14.6. The maximum absolute atomic E-state index is 14.6. The van der Waals surface area contributed by atoms with Gasteiger partial charge >= 0.3 is 5.76 Å². The topological polar surface area (TPSA) is 120 Å². The van der Waals surface area contributed by atoms with Gasteiger partial charge in [-0.25, -0.2) is 19.3 Å². The van der Waals surface area contributed by atoms with E-state index in [9.17, 15) is 9.18 Å². The molecule has 0 amide bonds. The van der Waals surface area contributed by atoms with E-state index in [1.807, 2.05) is 42.7 Å². The van der Waals surface area contributed by atoms with Crippen molar-refractivity contribution in [1.29, 1.82) is 0 Å². The van der Waals surface area contributed by atoms with E-state index in [0.29, 0.717) is 47.1 Å². The zero-order valence-electron chi connectivity index (χ0n) is 19.8. The zero-order valence-corrected chi connectivity index (χ0v) is 20.6. The minimum atomic E-state index is -0.632. The summed E-state index contributed by atoms with van der Waals surface area (Å²) in [5, 5.41) is 10.2. The first-order valence-electron chi connectivity index (χ1n) is 11.2. The molecule has 0 bridgehead atoms. The minimum Gasteiger partial charge on any atom is -0.492 e. The van der Waals surface area contributed by atoms with Crippen LogP contribution in [0.1, 0.15) is 12.6 Å². The highest BCUT2D eigenvalue weighted by Gasteiger charge is 2.19. The van der Waals surface area contributed by atoms with E-state index in [1.54, 1.807) is 6.20 Å². The van der Waals surface area contributed by atoms with E-state index in [2.05, 4.69) is 25.5 Å². The fourth-order valence-electron chi connectivity index (χ4n) is 4.02. The second-order valence-corrected chi connectivity index (χ2v) is 8.88. The van der Waals surface area contributed by atoms with Crippen molar-refractivity contribution in [1.82, 2.24) is 24.7 Å². The van der Waals surface area contributed by atoms with Gasteiger partial charge in [-0.2, -0.15) is 0 Å². The first-order chi connectivity index (χ1) is 17.5. The molecule has 0 radical (unpaired) electrons. The Kier molecular flexibility index (Phi) is 6.42. The standard InChI is InChI=1S/C24H23FN6O4S/c1-4-34-18-11-19(36-21(18)23-29-30-24(32)35-23)17-10-14(5-6-27-17)26-7-8-31-13(2)9-15-20(31)16(25)12-28-22(15)33-3/h5-6,9-12H,4,7-8H2,1-3H3,(H,26,27)(H,30,32). The summed E-state index contributed by atoms with van der Waals surface area (Å²) in [6.07, 6.45) is 2.89. The number of aromatic nitrogens is 5. The summed E-state index contributed by atoms with van der Waals surface area (Å²) in [5.41, 5.74) is 2.95. The molecule has 36 heavy (non-hydrogen) atoms.